The highest BCUT2D eigenvalue weighted by Gasteiger charge is 2.11. The molecule has 25 heavy (non-hydrogen) atoms. The monoisotopic (exact) mass is 346 g/mol. The van der Waals surface area contributed by atoms with Gasteiger partial charge in [0.25, 0.3) is 0 Å². The van der Waals surface area contributed by atoms with Gasteiger partial charge in [0.1, 0.15) is 0 Å². The first-order chi connectivity index (χ1) is 12.2. The van der Waals surface area contributed by atoms with Crippen LogP contribution in [0.4, 0.5) is 0 Å². The van der Waals surface area contributed by atoms with Crippen molar-refractivity contribution in [1.29, 1.82) is 0 Å². The summed E-state index contributed by atoms with van der Waals surface area (Å²) in [4.78, 5) is 4.30. The zero-order valence-corrected chi connectivity index (χ0v) is 15.9. The van der Waals surface area contributed by atoms with E-state index in [0.717, 1.165) is 11.3 Å². The second-order valence-electron chi connectivity index (χ2n) is 5.95. The number of hydrogen-bond donors (Lipinski definition) is 0. The normalized spacial score (nSPS) is 10.5. The summed E-state index contributed by atoms with van der Waals surface area (Å²) >= 11 is 0. The third kappa shape index (κ3) is 3.36. The Hall–Kier alpha value is -2.44. The van der Waals surface area contributed by atoms with Crippen molar-refractivity contribution in [1.82, 2.24) is 9.55 Å². The van der Waals surface area contributed by atoms with E-state index in [2.05, 4.69) is 87.7 Å². The van der Waals surface area contributed by atoms with Crippen molar-refractivity contribution in [2.75, 3.05) is 6.16 Å². The zero-order valence-electron chi connectivity index (χ0n) is 14.7. The summed E-state index contributed by atoms with van der Waals surface area (Å²) in [6, 6.07) is 17.1. The molecule has 2 heterocycles. The minimum atomic E-state index is 1.13. The van der Waals surface area contributed by atoms with Crippen molar-refractivity contribution in [2.45, 2.75) is 13.8 Å². The van der Waals surface area contributed by atoms with Crippen molar-refractivity contribution in [3.8, 4) is 5.69 Å². The molecule has 4 aromatic rings. The van der Waals surface area contributed by atoms with Crippen molar-refractivity contribution in [2.24, 2.45) is 0 Å². The zero-order chi connectivity index (χ0) is 17.8. The molecule has 0 radical (unpaired) electrons. The van der Waals surface area contributed by atoms with Gasteiger partial charge in [-0.1, -0.05) is 43.3 Å². The lowest BCUT2D eigenvalue weighted by Gasteiger charge is -2.08. The highest BCUT2D eigenvalue weighted by Crippen LogP contribution is 2.32. The quantitative estimate of drug-likeness (QED) is 0.406. The molecular formula is C22H23N2P. The van der Waals surface area contributed by atoms with E-state index in [1.165, 1.54) is 33.5 Å². The molecule has 0 saturated heterocycles. The van der Waals surface area contributed by atoms with E-state index < -0.39 is 0 Å². The number of hydrogen-bond acceptors (Lipinski definition) is 1. The Morgan fingerprint density at radius 2 is 1.72 bits per heavy atom. The van der Waals surface area contributed by atoms with E-state index in [-0.39, 0.29) is 0 Å². The largest absolute Gasteiger partial charge is 0.309 e. The first-order valence-electron chi connectivity index (χ1n) is 8.47. The summed E-state index contributed by atoms with van der Waals surface area (Å²) in [5, 5.41) is 2.44. The molecule has 1 atom stereocenters. The van der Waals surface area contributed by atoms with Gasteiger partial charge in [0.15, 0.2) is 0 Å². The third-order valence-corrected chi connectivity index (χ3v) is 4.11. The summed E-state index contributed by atoms with van der Waals surface area (Å²) in [7, 11) is 2.58. The van der Waals surface area contributed by atoms with Gasteiger partial charge in [-0.05, 0) is 49.0 Å². The van der Waals surface area contributed by atoms with Gasteiger partial charge in [-0.15, -0.1) is 9.24 Å². The molecule has 3 heteroatoms. The molecule has 0 bridgehead atoms. The highest BCUT2D eigenvalue weighted by molar-refractivity contribution is 7.16. The maximum absolute atomic E-state index is 4.30. The summed E-state index contributed by atoms with van der Waals surface area (Å²) in [6.07, 6.45) is 6.83. The molecule has 0 N–H and O–H groups in total. The van der Waals surface area contributed by atoms with Crippen LogP contribution in [0.2, 0.25) is 0 Å². The molecule has 0 spiro atoms. The molecule has 2 aromatic carbocycles. The Kier molecular flexibility index (Phi) is 5.31. The van der Waals surface area contributed by atoms with Crippen LogP contribution >= 0.6 is 9.24 Å². The Labute approximate surface area is 151 Å². The summed E-state index contributed by atoms with van der Waals surface area (Å²) < 4.78 is 2.29. The summed E-state index contributed by atoms with van der Waals surface area (Å²) in [5.41, 5.74) is 5.93. The Balaban J connectivity index is 0.000000569. The molecule has 0 aliphatic rings. The van der Waals surface area contributed by atoms with E-state index in [9.17, 15) is 0 Å². The van der Waals surface area contributed by atoms with Crippen LogP contribution in [0.3, 0.4) is 0 Å². The maximum Gasteiger partial charge on any atom is 0.0571 e. The minimum absolute atomic E-state index is 1.13. The lowest BCUT2D eigenvalue weighted by Crippen LogP contribution is -1.93. The fourth-order valence-electron chi connectivity index (χ4n) is 3.02. The average Bonchev–Trinajstić information content (AvgIpc) is 2.96. The second kappa shape index (κ2) is 7.63. The molecule has 0 saturated carbocycles. The van der Waals surface area contributed by atoms with Crippen LogP contribution in [-0.4, -0.2) is 15.7 Å². The van der Waals surface area contributed by atoms with Crippen LogP contribution in [0.1, 0.15) is 18.1 Å². The second-order valence-corrected chi connectivity index (χ2v) is 6.77. The topological polar surface area (TPSA) is 17.8 Å². The van der Waals surface area contributed by atoms with E-state index in [1.807, 2.05) is 18.5 Å². The number of aryl methyl sites for hydroxylation is 1. The van der Waals surface area contributed by atoms with Gasteiger partial charge in [-0.3, -0.25) is 4.98 Å². The molecule has 1 unspecified atom stereocenters. The van der Waals surface area contributed by atoms with Crippen LogP contribution in [0.15, 0.2) is 67.5 Å². The van der Waals surface area contributed by atoms with E-state index in [0.29, 0.717) is 0 Å². The highest BCUT2D eigenvalue weighted by atomic mass is 31.0. The van der Waals surface area contributed by atoms with Gasteiger partial charge in [0, 0.05) is 28.9 Å². The molecule has 0 fully saturated rings. The van der Waals surface area contributed by atoms with Crippen LogP contribution in [0, 0.1) is 6.92 Å². The molecule has 2 nitrogen and oxygen atoms in total. The lowest BCUT2D eigenvalue weighted by atomic mass is 10.1. The smallest absolute Gasteiger partial charge is 0.0571 e. The predicted molar refractivity (Wildman–Crippen MR) is 114 cm³/mol. The molecular weight excluding hydrogens is 323 g/mol. The first kappa shape index (κ1) is 17.4. The summed E-state index contributed by atoms with van der Waals surface area (Å²) in [6.45, 7) is 8.03. The van der Waals surface area contributed by atoms with Gasteiger partial charge in [-0.25, -0.2) is 0 Å². The lowest BCUT2D eigenvalue weighted by molar-refractivity contribution is 1.17. The van der Waals surface area contributed by atoms with E-state index >= 15 is 0 Å². The maximum atomic E-state index is 4.30. The number of rotatable bonds is 2. The van der Waals surface area contributed by atoms with Crippen LogP contribution in [-0.2, 0) is 0 Å². The number of aromatic nitrogens is 2. The van der Waals surface area contributed by atoms with Crippen molar-refractivity contribution in [3.63, 3.8) is 0 Å². The Bertz CT molecular complexity index is 1010. The Morgan fingerprint density at radius 3 is 2.40 bits per heavy atom. The van der Waals surface area contributed by atoms with Crippen LogP contribution in [0.5, 0.6) is 0 Å². The molecule has 126 valence electrons. The molecule has 2 aromatic heterocycles. The van der Waals surface area contributed by atoms with Gasteiger partial charge in [-0.2, -0.15) is 0 Å². The minimum Gasteiger partial charge on any atom is -0.309 e. The number of benzene rings is 2. The SMILES string of the molecule is C=Cc1ccc(-n2c3ccncc3c3cc(C)ccc32)cc1.CCP. The van der Waals surface area contributed by atoms with Gasteiger partial charge < -0.3 is 4.57 Å². The molecule has 0 amide bonds. The van der Waals surface area contributed by atoms with E-state index in [1.54, 1.807) is 0 Å². The standard InChI is InChI=1S/C20H16N2.C2H7P/c1-3-15-5-7-16(8-6-15)22-19-9-4-14(2)12-17(19)18-13-21-11-10-20(18)22;1-2-3/h3-13H,1H2,2H3;2-3H2,1H3. The fraction of sp³-hybridized carbons (Fsp3) is 0.136. The average molecular weight is 346 g/mol. The van der Waals surface area contributed by atoms with Crippen molar-refractivity contribution in [3.05, 3.63) is 78.6 Å². The van der Waals surface area contributed by atoms with Gasteiger partial charge in [0.2, 0.25) is 0 Å². The molecule has 0 aliphatic heterocycles. The first-order valence-corrected chi connectivity index (χ1v) is 9.29. The number of fused-ring (bicyclic) bond motifs is 3. The number of pyridine rings is 1. The summed E-state index contributed by atoms with van der Waals surface area (Å²) in [5.74, 6) is 0. The van der Waals surface area contributed by atoms with Crippen molar-refractivity contribution >= 4 is 37.1 Å². The molecule has 0 aliphatic carbocycles. The Morgan fingerprint density at radius 1 is 1.04 bits per heavy atom. The number of nitrogens with zero attached hydrogens (tertiary/aromatic N) is 2. The van der Waals surface area contributed by atoms with Crippen LogP contribution in [0.25, 0.3) is 33.6 Å². The molecule has 4 rings (SSSR count). The third-order valence-electron chi connectivity index (χ3n) is 4.11. The van der Waals surface area contributed by atoms with Crippen molar-refractivity contribution < 1.29 is 0 Å². The van der Waals surface area contributed by atoms with Gasteiger partial charge in [0.05, 0.1) is 11.0 Å². The van der Waals surface area contributed by atoms with Gasteiger partial charge >= 0.3 is 0 Å². The van der Waals surface area contributed by atoms with E-state index in [4.69, 9.17) is 0 Å². The fourth-order valence-corrected chi connectivity index (χ4v) is 3.02. The predicted octanol–water partition coefficient (Wildman–Crippen LogP) is 6.01. The van der Waals surface area contributed by atoms with Crippen LogP contribution < -0.4 is 0 Å².